The molecular weight excluding hydrogens is 229 g/mol. The second kappa shape index (κ2) is 7.92. The molecule has 0 saturated heterocycles. The molecule has 0 heterocycles. The van der Waals surface area contributed by atoms with Crippen LogP contribution in [-0.2, 0) is 9.59 Å². The summed E-state index contributed by atoms with van der Waals surface area (Å²) < 4.78 is 0. The fourth-order valence-electron chi connectivity index (χ4n) is 0.666. The number of carboxylic acid groups (broad SMARTS) is 2. The molecule has 0 aliphatic heterocycles. The van der Waals surface area contributed by atoms with Gasteiger partial charge in [-0.3, -0.25) is 0 Å². The Morgan fingerprint density at radius 2 is 0.875 bits per heavy atom. The van der Waals surface area contributed by atoms with Crippen LogP contribution in [0.3, 0.4) is 0 Å². The first-order valence-electron chi connectivity index (χ1n) is 3.47. The van der Waals surface area contributed by atoms with Crippen molar-refractivity contribution in [3.63, 3.8) is 0 Å². The molecule has 10 heteroatoms. The van der Waals surface area contributed by atoms with Gasteiger partial charge in [0.25, 0.3) is 0 Å². The SMILES string of the molecule is O=C(O)[C@H](O)[C@@H](O)[C@@H](O)[13C@H](O)C(=O)O.[NH4+].[NH4+]. The van der Waals surface area contributed by atoms with Crippen LogP contribution in [0.4, 0.5) is 0 Å². The summed E-state index contributed by atoms with van der Waals surface area (Å²) in [4.78, 5) is 20.2. The Labute approximate surface area is 89.9 Å². The number of carbonyl (C=O) groups is 2. The van der Waals surface area contributed by atoms with Gasteiger partial charge in [0.1, 0.15) is 12.2 Å². The first kappa shape index (κ1) is 20.2. The minimum atomic E-state index is -2.36. The van der Waals surface area contributed by atoms with Crippen molar-refractivity contribution in [2.24, 2.45) is 0 Å². The van der Waals surface area contributed by atoms with E-state index in [2.05, 4.69) is 0 Å². The van der Waals surface area contributed by atoms with Gasteiger partial charge in [0.2, 0.25) is 0 Å². The summed E-state index contributed by atoms with van der Waals surface area (Å²) in [6, 6.07) is 0. The van der Waals surface area contributed by atoms with E-state index in [1.807, 2.05) is 0 Å². The van der Waals surface area contributed by atoms with Crippen LogP contribution >= 0.6 is 0 Å². The Morgan fingerprint density at radius 3 is 1.00 bits per heavy atom. The largest absolute Gasteiger partial charge is 0.479 e. The molecule has 14 N–H and O–H groups in total. The Bertz CT molecular complexity index is 211. The molecule has 0 spiro atoms. The number of quaternary nitrogens is 2. The van der Waals surface area contributed by atoms with Crippen LogP contribution in [0.5, 0.6) is 0 Å². The summed E-state index contributed by atoms with van der Waals surface area (Å²) in [5.74, 6) is -3.68. The highest BCUT2D eigenvalue weighted by Gasteiger charge is 2.37. The van der Waals surface area contributed by atoms with E-state index < -0.39 is 36.4 Å². The summed E-state index contributed by atoms with van der Waals surface area (Å²) in [6.07, 6.45) is -9.28. The number of rotatable bonds is 5. The highest BCUT2D eigenvalue weighted by molar-refractivity contribution is 5.75. The van der Waals surface area contributed by atoms with Crippen molar-refractivity contribution in [3.8, 4) is 0 Å². The molecule has 16 heavy (non-hydrogen) atoms. The molecule has 0 rings (SSSR count). The lowest BCUT2D eigenvalue weighted by atomic mass is 10.1. The van der Waals surface area contributed by atoms with Crippen molar-refractivity contribution in [2.75, 3.05) is 0 Å². The normalized spacial score (nSPS) is 17.0. The molecule has 0 bridgehead atoms. The molecule has 0 aromatic carbocycles. The first-order chi connectivity index (χ1) is 6.29. The molecule has 98 valence electrons. The van der Waals surface area contributed by atoms with Crippen LogP contribution in [-0.4, -0.2) is 67.0 Å². The molecular formula is C6H18N2O8+2. The first-order valence-corrected chi connectivity index (χ1v) is 3.47. The van der Waals surface area contributed by atoms with Gasteiger partial charge in [-0.1, -0.05) is 0 Å². The lowest BCUT2D eigenvalue weighted by molar-refractivity contribution is -0.172. The van der Waals surface area contributed by atoms with Gasteiger partial charge >= 0.3 is 11.9 Å². The summed E-state index contributed by atoms with van der Waals surface area (Å²) in [7, 11) is 0. The van der Waals surface area contributed by atoms with E-state index in [0.29, 0.717) is 0 Å². The van der Waals surface area contributed by atoms with Crippen molar-refractivity contribution in [1.29, 1.82) is 0 Å². The average molecular weight is 247 g/mol. The van der Waals surface area contributed by atoms with E-state index >= 15 is 0 Å². The average Bonchev–Trinajstić information content (AvgIpc) is 2.12. The van der Waals surface area contributed by atoms with Crippen molar-refractivity contribution in [3.05, 3.63) is 0 Å². The predicted molar refractivity (Wildman–Crippen MR) is 51.3 cm³/mol. The number of hydrogen-bond donors (Lipinski definition) is 8. The van der Waals surface area contributed by atoms with Crippen LogP contribution in [0.25, 0.3) is 0 Å². The van der Waals surface area contributed by atoms with Crippen LogP contribution in [0, 0.1) is 0 Å². The molecule has 0 amide bonds. The third-order valence-electron chi connectivity index (χ3n) is 1.50. The zero-order chi connectivity index (χ0) is 11.5. The van der Waals surface area contributed by atoms with Gasteiger partial charge in [0.05, 0.1) is 0 Å². The fraction of sp³-hybridized carbons (Fsp3) is 0.667. The van der Waals surface area contributed by atoms with Gasteiger partial charge < -0.3 is 42.9 Å². The number of aliphatic carboxylic acids is 2. The van der Waals surface area contributed by atoms with E-state index in [1.54, 1.807) is 0 Å². The van der Waals surface area contributed by atoms with Crippen molar-refractivity contribution >= 4 is 11.9 Å². The van der Waals surface area contributed by atoms with Gasteiger partial charge in [0.15, 0.2) is 12.2 Å². The molecule has 0 aliphatic carbocycles. The maximum atomic E-state index is 10.1. The monoisotopic (exact) mass is 247 g/mol. The van der Waals surface area contributed by atoms with E-state index in [4.69, 9.17) is 30.6 Å². The second-order valence-corrected chi connectivity index (χ2v) is 2.55. The predicted octanol–water partition coefficient (Wildman–Crippen LogP) is -2.65. The van der Waals surface area contributed by atoms with Gasteiger partial charge in [0, 0.05) is 0 Å². The van der Waals surface area contributed by atoms with E-state index in [9.17, 15) is 9.59 Å². The van der Waals surface area contributed by atoms with E-state index in [0.717, 1.165) is 0 Å². The van der Waals surface area contributed by atoms with Gasteiger partial charge in [-0.15, -0.1) is 0 Å². The van der Waals surface area contributed by atoms with Crippen LogP contribution in [0.15, 0.2) is 0 Å². The number of aliphatic hydroxyl groups is 4. The molecule has 0 fully saturated rings. The minimum absolute atomic E-state index is 0. The van der Waals surface area contributed by atoms with Crippen LogP contribution in [0.1, 0.15) is 0 Å². The third kappa shape index (κ3) is 4.97. The number of hydrogen-bond acceptors (Lipinski definition) is 6. The second-order valence-electron chi connectivity index (χ2n) is 2.55. The Morgan fingerprint density at radius 1 is 0.688 bits per heavy atom. The molecule has 4 atom stereocenters. The van der Waals surface area contributed by atoms with Crippen molar-refractivity contribution in [1.82, 2.24) is 12.3 Å². The molecule has 10 nitrogen and oxygen atoms in total. The number of carboxylic acids is 2. The number of aliphatic hydroxyl groups excluding tert-OH is 4. The topological polar surface area (TPSA) is 229 Å². The molecule has 0 aromatic heterocycles. The summed E-state index contributed by atoms with van der Waals surface area (Å²) in [6.45, 7) is 0. The lowest BCUT2D eigenvalue weighted by Crippen LogP contribution is -2.49. The Hall–Kier alpha value is -1.30. The van der Waals surface area contributed by atoms with Crippen molar-refractivity contribution in [2.45, 2.75) is 24.4 Å². The maximum Gasteiger partial charge on any atom is 0.335 e. The quantitative estimate of drug-likeness (QED) is 0.238. The molecule has 0 unspecified atom stereocenters. The zero-order valence-electron chi connectivity index (χ0n) is 8.81. The Kier molecular flexibility index (Phi) is 9.98. The highest BCUT2D eigenvalue weighted by atomic mass is 16.5. The van der Waals surface area contributed by atoms with Gasteiger partial charge in [-0.25, -0.2) is 9.59 Å². The van der Waals surface area contributed by atoms with Crippen molar-refractivity contribution < 1.29 is 40.2 Å². The smallest absolute Gasteiger partial charge is 0.335 e. The van der Waals surface area contributed by atoms with E-state index in [-0.39, 0.29) is 12.3 Å². The summed E-state index contributed by atoms with van der Waals surface area (Å²) in [5.41, 5.74) is 0. The van der Waals surface area contributed by atoms with E-state index in [1.165, 1.54) is 0 Å². The van der Waals surface area contributed by atoms with Gasteiger partial charge in [-0.2, -0.15) is 0 Å². The molecule has 0 radical (unpaired) electrons. The Balaban J connectivity index is -0.000000845. The summed E-state index contributed by atoms with van der Waals surface area (Å²) >= 11 is 0. The van der Waals surface area contributed by atoms with Crippen LogP contribution in [0.2, 0.25) is 0 Å². The minimum Gasteiger partial charge on any atom is -0.479 e. The van der Waals surface area contributed by atoms with Gasteiger partial charge in [-0.05, 0) is 0 Å². The lowest BCUT2D eigenvalue weighted by Gasteiger charge is -2.21. The maximum absolute atomic E-state index is 10.1. The van der Waals surface area contributed by atoms with Crippen LogP contribution < -0.4 is 12.3 Å². The fourth-order valence-corrected chi connectivity index (χ4v) is 0.666. The molecule has 0 aromatic rings. The standard InChI is InChI=1S/C6H10O8.2H3N/c7-1(3(9)5(11)12)2(8)4(10)6(13)14;;/h1-4,7-10H,(H,11,12)(H,13,14);2*1H3/p+2/t1-,2+,3+,4-;;/i3+1;;/m1../s1. The molecule has 0 aliphatic rings. The third-order valence-corrected chi connectivity index (χ3v) is 1.50. The highest BCUT2D eigenvalue weighted by Crippen LogP contribution is 2.05. The summed E-state index contributed by atoms with van der Waals surface area (Å²) in [5, 5.41) is 51.5. The molecule has 0 saturated carbocycles. The zero-order valence-corrected chi connectivity index (χ0v) is 8.81.